The first-order valence-corrected chi connectivity index (χ1v) is 20.1. The standard InChI is InChI=1S/C39H43BrClN3O6S/c1-38(2)37(46)43-51(47,42-36(45)25-8-11-28(40)12-9-25)30-14-17-35-33(21-30)44(22-27-10-15-31(27)34(48-3)7-5-19-50-38)23-39(24-49-35)18-4-6-26-20-29(41)13-16-32(26)39/h5,7-9,11-14,16-17,20-21,27,31,34H,4,6,10,15,18-19,22-24H2,1-3H3,(H,42,43,45,46,47)/t27-,31+,34-,39-,51+/m0/s1. The summed E-state index contributed by atoms with van der Waals surface area (Å²) in [7, 11) is -2.14. The van der Waals surface area contributed by atoms with Crippen LogP contribution in [0.2, 0.25) is 5.02 Å². The van der Waals surface area contributed by atoms with Gasteiger partial charge in [0, 0.05) is 40.7 Å². The van der Waals surface area contributed by atoms with Crippen LogP contribution in [-0.2, 0) is 36.0 Å². The summed E-state index contributed by atoms with van der Waals surface area (Å²) in [6.45, 7) is 5.15. The van der Waals surface area contributed by atoms with Gasteiger partial charge < -0.3 is 19.1 Å². The predicted octanol–water partition coefficient (Wildman–Crippen LogP) is 7.68. The molecule has 2 bridgehead atoms. The van der Waals surface area contributed by atoms with E-state index in [0.29, 0.717) is 24.8 Å². The van der Waals surface area contributed by atoms with Crippen molar-refractivity contribution in [3.63, 3.8) is 0 Å². The molecular formula is C39H43BrClN3O6S. The fourth-order valence-corrected chi connectivity index (χ4v) is 9.93. The first-order valence-electron chi connectivity index (χ1n) is 17.4. The molecule has 1 N–H and O–H groups in total. The lowest BCUT2D eigenvalue weighted by atomic mass is 9.68. The molecule has 2 amide bonds. The number of carbonyl (C=O) groups excluding carboxylic acids is 2. The number of anilines is 1. The lowest BCUT2D eigenvalue weighted by molar-refractivity contribution is -0.137. The zero-order chi connectivity index (χ0) is 36.0. The predicted molar refractivity (Wildman–Crippen MR) is 202 cm³/mol. The minimum absolute atomic E-state index is 0.114. The highest BCUT2D eigenvalue weighted by molar-refractivity contribution is 9.10. The van der Waals surface area contributed by atoms with Gasteiger partial charge in [-0.3, -0.25) is 14.3 Å². The molecule has 4 aliphatic rings. The van der Waals surface area contributed by atoms with E-state index in [9.17, 15) is 9.59 Å². The van der Waals surface area contributed by atoms with E-state index in [2.05, 4.69) is 42.0 Å². The van der Waals surface area contributed by atoms with Gasteiger partial charge in [-0.25, -0.2) is 4.21 Å². The molecule has 1 saturated carbocycles. The number of fused-ring (bicyclic) bond motifs is 4. The Balaban J connectivity index is 1.37. The topological polar surface area (TPSA) is 107 Å². The van der Waals surface area contributed by atoms with E-state index in [1.807, 2.05) is 18.2 Å². The van der Waals surface area contributed by atoms with E-state index in [1.165, 1.54) is 11.1 Å². The Morgan fingerprint density at radius 2 is 1.92 bits per heavy atom. The van der Waals surface area contributed by atoms with Crippen LogP contribution in [0.3, 0.4) is 0 Å². The molecule has 1 fully saturated rings. The third-order valence-electron chi connectivity index (χ3n) is 10.9. The fraction of sp³-hybridized carbons (Fsp3) is 0.436. The van der Waals surface area contributed by atoms with Gasteiger partial charge in [0.25, 0.3) is 11.8 Å². The molecule has 2 aliphatic heterocycles. The molecule has 0 radical (unpaired) electrons. The Labute approximate surface area is 313 Å². The van der Waals surface area contributed by atoms with Gasteiger partial charge in [0.05, 0.1) is 29.9 Å². The molecule has 5 atom stereocenters. The van der Waals surface area contributed by atoms with Crippen LogP contribution in [0.5, 0.6) is 5.75 Å². The van der Waals surface area contributed by atoms with E-state index in [1.54, 1.807) is 63.4 Å². The fourth-order valence-electron chi connectivity index (χ4n) is 7.85. The van der Waals surface area contributed by atoms with Crippen LogP contribution < -0.4 is 14.4 Å². The van der Waals surface area contributed by atoms with Crippen molar-refractivity contribution < 1.29 is 28.0 Å². The maximum absolute atomic E-state index is 15.1. The summed E-state index contributed by atoms with van der Waals surface area (Å²) < 4.78 is 41.4. The smallest absolute Gasteiger partial charge is 0.287 e. The molecule has 3 aromatic carbocycles. The molecule has 3 aromatic rings. The van der Waals surface area contributed by atoms with Crippen LogP contribution >= 0.6 is 27.5 Å². The average Bonchev–Trinajstić information content (AvgIpc) is 3.24. The van der Waals surface area contributed by atoms with Gasteiger partial charge in [0.1, 0.15) is 11.4 Å². The molecule has 270 valence electrons. The second kappa shape index (κ2) is 14.3. The number of methoxy groups -OCH3 is 1. The lowest BCUT2D eigenvalue weighted by Crippen LogP contribution is -2.49. The largest absolute Gasteiger partial charge is 0.490 e. The monoisotopic (exact) mass is 795 g/mol. The average molecular weight is 797 g/mol. The quantitative estimate of drug-likeness (QED) is 0.271. The highest BCUT2D eigenvalue weighted by atomic mass is 79.9. The number of aryl methyl sites for hydroxylation is 1. The van der Waals surface area contributed by atoms with Crippen molar-refractivity contribution in [3.05, 3.63) is 99.0 Å². The summed E-state index contributed by atoms with van der Waals surface area (Å²) in [6.07, 6.45) is 8.74. The molecule has 7 rings (SSSR count). The number of amides is 2. The Morgan fingerprint density at radius 3 is 2.67 bits per heavy atom. The van der Waals surface area contributed by atoms with Crippen molar-refractivity contribution in [2.75, 3.05) is 38.3 Å². The molecule has 9 nitrogen and oxygen atoms in total. The van der Waals surface area contributed by atoms with Crippen molar-refractivity contribution in [2.45, 2.75) is 68.0 Å². The van der Waals surface area contributed by atoms with Crippen LogP contribution in [-0.4, -0.2) is 61.1 Å². The minimum atomic E-state index is -3.87. The molecule has 2 heterocycles. The van der Waals surface area contributed by atoms with Gasteiger partial charge >= 0.3 is 0 Å². The number of benzene rings is 3. The summed E-state index contributed by atoms with van der Waals surface area (Å²) in [6, 6.07) is 18.1. The number of hydrogen-bond acceptors (Lipinski definition) is 7. The van der Waals surface area contributed by atoms with Crippen molar-refractivity contribution in [3.8, 4) is 5.75 Å². The summed E-state index contributed by atoms with van der Waals surface area (Å²) in [5.41, 5.74) is 1.77. The molecular weight excluding hydrogens is 754 g/mol. The van der Waals surface area contributed by atoms with Gasteiger partial charge in [-0.1, -0.05) is 45.7 Å². The normalized spacial score (nSPS) is 28.7. The van der Waals surface area contributed by atoms with Crippen LogP contribution in [0.4, 0.5) is 5.69 Å². The van der Waals surface area contributed by atoms with Gasteiger partial charge in [0.15, 0.2) is 9.92 Å². The van der Waals surface area contributed by atoms with Crippen LogP contribution in [0, 0.1) is 11.8 Å². The van der Waals surface area contributed by atoms with Crippen LogP contribution in [0.1, 0.15) is 61.0 Å². The number of rotatable bonds is 3. The SMILES string of the molecule is CO[C@H]1C=CCOC(C)(C)C(=O)N=[S@](=O)(NC(=O)c2ccc(Br)cc2)c2ccc3c(c2)N(C[C@@H]2CC[C@H]21)C[C@@]1(CCCc2cc(Cl)ccc21)CO3. The minimum Gasteiger partial charge on any atom is -0.490 e. The highest BCUT2D eigenvalue weighted by Gasteiger charge is 2.44. The van der Waals surface area contributed by atoms with Crippen molar-refractivity contribution >= 4 is 54.9 Å². The number of hydrogen-bond donors (Lipinski definition) is 1. The number of nitrogens with zero attached hydrogens (tertiary/aromatic N) is 2. The zero-order valence-electron chi connectivity index (χ0n) is 29.0. The van der Waals surface area contributed by atoms with E-state index < -0.39 is 27.3 Å². The Bertz CT molecular complexity index is 1990. The van der Waals surface area contributed by atoms with E-state index >= 15 is 4.21 Å². The van der Waals surface area contributed by atoms with E-state index in [4.69, 9.17) is 25.8 Å². The molecule has 1 spiro atoms. The van der Waals surface area contributed by atoms with Gasteiger partial charge in [-0.15, -0.1) is 4.36 Å². The Kier molecular flexibility index (Phi) is 10.1. The van der Waals surface area contributed by atoms with Gasteiger partial charge in [-0.2, -0.15) is 0 Å². The summed E-state index contributed by atoms with van der Waals surface area (Å²) >= 11 is 9.86. The number of nitrogens with one attached hydrogen (secondary N) is 1. The van der Waals surface area contributed by atoms with Crippen molar-refractivity contribution in [1.29, 1.82) is 0 Å². The number of ether oxygens (including phenoxy) is 3. The van der Waals surface area contributed by atoms with Crippen molar-refractivity contribution in [2.24, 2.45) is 16.2 Å². The molecule has 2 aliphatic carbocycles. The van der Waals surface area contributed by atoms with Crippen LogP contribution in [0.25, 0.3) is 0 Å². The zero-order valence-corrected chi connectivity index (χ0v) is 32.2. The Morgan fingerprint density at radius 1 is 1.12 bits per heavy atom. The first-order chi connectivity index (χ1) is 24.4. The van der Waals surface area contributed by atoms with Crippen molar-refractivity contribution in [1.82, 2.24) is 4.72 Å². The molecule has 0 aromatic heterocycles. The second-order valence-corrected chi connectivity index (χ2v) is 17.8. The summed E-state index contributed by atoms with van der Waals surface area (Å²) in [5, 5.41) is 0.723. The lowest BCUT2D eigenvalue weighted by Gasteiger charge is -2.46. The third kappa shape index (κ3) is 7.25. The summed E-state index contributed by atoms with van der Waals surface area (Å²) in [5.74, 6) is -0.138. The molecule has 0 unspecified atom stereocenters. The third-order valence-corrected chi connectivity index (χ3v) is 13.4. The molecule has 0 saturated heterocycles. The molecule has 12 heteroatoms. The summed E-state index contributed by atoms with van der Waals surface area (Å²) in [4.78, 5) is 30.0. The van der Waals surface area contributed by atoms with E-state index in [0.717, 1.165) is 53.8 Å². The van der Waals surface area contributed by atoms with Gasteiger partial charge in [-0.05, 0) is 124 Å². The van der Waals surface area contributed by atoms with Gasteiger partial charge in [0.2, 0.25) is 0 Å². The number of halogens is 2. The Hall–Kier alpha value is -3.22. The maximum Gasteiger partial charge on any atom is 0.287 e. The maximum atomic E-state index is 15.1. The molecule has 51 heavy (non-hydrogen) atoms. The second-order valence-electron chi connectivity index (χ2n) is 14.5. The first kappa shape index (κ1) is 36.2. The highest BCUT2D eigenvalue weighted by Crippen LogP contribution is 2.47. The number of carbonyl (C=O) groups is 2. The van der Waals surface area contributed by atoms with E-state index in [-0.39, 0.29) is 34.5 Å². The van der Waals surface area contributed by atoms with Crippen LogP contribution in [0.15, 0.2) is 86.5 Å².